The van der Waals surface area contributed by atoms with Gasteiger partial charge in [0.1, 0.15) is 5.75 Å². The Labute approximate surface area is 97.4 Å². The summed E-state index contributed by atoms with van der Waals surface area (Å²) in [5.41, 5.74) is 0.226. The summed E-state index contributed by atoms with van der Waals surface area (Å²) in [6.07, 6.45) is -4.89. The summed E-state index contributed by atoms with van der Waals surface area (Å²) < 4.78 is 41.9. The van der Waals surface area contributed by atoms with E-state index in [0.717, 1.165) is 0 Å². The number of ketones is 1. The number of alkyl halides is 3. The van der Waals surface area contributed by atoms with Gasteiger partial charge in [0.2, 0.25) is 0 Å². The molecule has 0 amide bonds. The molecule has 0 aliphatic carbocycles. The molecule has 0 unspecified atom stereocenters. The predicted octanol–water partition coefficient (Wildman–Crippen LogP) is 3.56. The number of Topliss-reactive ketones (excluding diaryl/α,β-unsaturated/α-hetero) is 1. The minimum Gasteiger partial charge on any atom is -0.496 e. The molecule has 0 N–H and O–H groups in total. The van der Waals surface area contributed by atoms with Gasteiger partial charge in [-0.25, -0.2) is 0 Å². The molecule has 5 heteroatoms. The van der Waals surface area contributed by atoms with Crippen LogP contribution in [-0.2, 0) is 0 Å². The fourth-order valence-electron chi connectivity index (χ4n) is 1.41. The van der Waals surface area contributed by atoms with E-state index in [-0.39, 0.29) is 11.7 Å². The van der Waals surface area contributed by atoms with E-state index in [9.17, 15) is 18.0 Å². The van der Waals surface area contributed by atoms with Gasteiger partial charge in [-0.1, -0.05) is 19.9 Å². The van der Waals surface area contributed by atoms with Crippen LogP contribution in [-0.4, -0.2) is 19.1 Å². The number of ether oxygens (including phenoxy) is 1. The maximum absolute atomic E-state index is 12.4. The van der Waals surface area contributed by atoms with Gasteiger partial charge in [0.15, 0.2) is 0 Å². The van der Waals surface area contributed by atoms with Gasteiger partial charge < -0.3 is 4.74 Å². The van der Waals surface area contributed by atoms with Crippen molar-refractivity contribution in [3.05, 3.63) is 29.3 Å². The van der Waals surface area contributed by atoms with E-state index in [1.165, 1.54) is 19.2 Å². The zero-order chi connectivity index (χ0) is 13.2. The first-order chi connectivity index (χ1) is 7.77. The number of methoxy groups -OCH3 is 1. The van der Waals surface area contributed by atoms with Crippen LogP contribution in [0, 0.1) is 0 Å². The molecule has 0 bridgehead atoms. The lowest BCUT2D eigenvalue weighted by Gasteiger charge is -2.13. The van der Waals surface area contributed by atoms with Crippen molar-refractivity contribution in [1.29, 1.82) is 0 Å². The zero-order valence-corrected chi connectivity index (χ0v) is 9.76. The third kappa shape index (κ3) is 2.99. The second kappa shape index (κ2) is 4.77. The summed E-state index contributed by atoms with van der Waals surface area (Å²) in [7, 11) is 1.23. The molecule has 1 aromatic rings. The van der Waals surface area contributed by atoms with E-state index >= 15 is 0 Å². The van der Waals surface area contributed by atoms with Crippen molar-refractivity contribution in [2.24, 2.45) is 0 Å². The number of rotatable bonds is 3. The average molecular weight is 246 g/mol. The van der Waals surface area contributed by atoms with Gasteiger partial charge in [-0.15, -0.1) is 0 Å². The smallest absolute Gasteiger partial charge is 0.455 e. The molecule has 0 saturated heterocycles. The van der Waals surface area contributed by atoms with Gasteiger partial charge in [-0.2, -0.15) is 13.2 Å². The van der Waals surface area contributed by atoms with E-state index in [1.54, 1.807) is 6.07 Å². The average Bonchev–Trinajstić information content (AvgIpc) is 2.25. The molecule has 1 rings (SSSR count). The molecular weight excluding hydrogens is 233 g/mol. The van der Waals surface area contributed by atoms with Crippen molar-refractivity contribution in [3.8, 4) is 5.75 Å². The summed E-state index contributed by atoms with van der Waals surface area (Å²) in [5, 5.41) is 0. The maximum Gasteiger partial charge on any atom is 0.455 e. The minimum atomic E-state index is -4.89. The summed E-state index contributed by atoms with van der Waals surface area (Å²) >= 11 is 0. The molecule has 0 spiro atoms. The lowest BCUT2D eigenvalue weighted by molar-refractivity contribution is -0.0886. The van der Waals surface area contributed by atoms with Crippen LogP contribution in [0.3, 0.4) is 0 Å². The standard InChI is InChI=1S/C12H13F3O2/c1-7(2)8-4-5-10(17-3)9(6-8)11(16)12(13,14)15/h4-7H,1-3H3. The van der Waals surface area contributed by atoms with Crippen molar-refractivity contribution in [1.82, 2.24) is 0 Å². The van der Waals surface area contributed by atoms with E-state index in [0.29, 0.717) is 5.56 Å². The third-order valence-electron chi connectivity index (χ3n) is 2.39. The molecule has 0 heterocycles. The van der Waals surface area contributed by atoms with Crippen molar-refractivity contribution in [2.45, 2.75) is 25.9 Å². The molecule has 0 aliphatic rings. The Bertz CT molecular complexity index is 422. The monoisotopic (exact) mass is 246 g/mol. The first-order valence-corrected chi connectivity index (χ1v) is 5.06. The highest BCUT2D eigenvalue weighted by Crippen LogP contribution is 2.30. The van der Waals surface area contributed by atoms with Crippen LogP contribution in [0.2, 0.25) is 0 Å². The van der Waals surface area contributed by atoms with Crippen molar-refractivity contribution >= 4 is 5.78 Å². The van der Waals surface area contributed by atoms with Crippen LogP contribution in [0.1, 0.15) is 35.7 Å². The van der Waals surface area contributed by atoms with Crippen molar-refractivity contribution < 1.29 is 22.7 Å². The van der Waals surface area contributed by atoms with Crippen LogP contribution in [0.4, 0.5) is 13.2 Å². The quantitative estimate of drug-likeness (QED) is 0.762. The van der Waals surface area contributed by atoms with Crippen LogP contribution in [0.15, 0.2) is 18.2 Å². The Kier molecular flexibility index (Phi) is 3.80. The Hall–Kier alpha value is -1.52. The Balaban J connectivity index is 3.29. The normalized spacial score (nSPS) is 11.7. The summed E-state index contributed by atoms with van der Waals surface area (Å²) in [4.78, 5) is 11.2. The van der Waals surface area contributed by atoms with Crippen molar-refractivity contribution in [3.63, 3.8) is 0 Å². The lowest BCUT2D eigenvalue weighted by atomic mass is 9.98. The predicted molar refractivity (Wildman–Crippen MR) is 57.5 cm³/mol. The molecule has 0 atom stereocenters. The van der Waals surface area contributed by atoms with Gasteiger partial charge in [0, 0.05) is 0 Å². The van der Waals surface area contributed by atoms with Gasteiger partial charge in [-0.05, 0) is 23.6 Å². The highest BCUT2D eigenvalue weighted by Gasteiger charge is 2.40. The fraction of sp³-hybridized carbons (Fsp3) is 0.417. The molecule has 0 radical (unpaired) electrons. The molecule has 94 valence electrons. The summed E-state index contributed by atoms with van der Waals surface area (Å²) in [5.74, 6) is -1.89. The minimum absolute atomic E-state index is 0.0423. The second-order valence-corrected chi connectivity index (χ2v) is 3.94. The topological polar surface area (TPSA) is 26.3 Å². The zero-order valence-electron chi connectivity index (χ0n) is 9.76. The third-order valence-corrected chi connectivity index (χ3v) is 2.39. The molecule has 2 nitrogen and oxygen atoms in total. The SMILES string of the molecule is COc1ccc(C(C)C)cc1C(=O)C(F)(F)F. The van der Waals surface area contributed by atoms with Gasteiger partial charge in [0.05, 0.1) is 12.7 Å². The molecule has 0 aromatic heterocycles. The number of hydrogen-bond acceptors (Lipinski definition) is 2. The number of carbonyl (C=O) groups excluding carboxylic acids is 1. The Morgan fingerprint density at radius 2 is 1.88 bits per heavy atom. The molecule has 0 fully saturated rings. The molecule has 0 aliphatic heterocycles. The molecule has 17 heavy (non-hydrogen) atoms. The highest BCUT2D eigenvalue weighted by molar-refractivity contribution is 6.02. The van der Waals surface area contributed by atoms with Crippen LogP contribution >= 0.6 is 0 Å². The Morgan fingerprint density at radius 3 is 2.29 bits per heavy atom. The summed E-state index contributed by atoms with van der Waals surface area (Å²) in [6.45, 7) is 3.67. The molecular formula is C12H13F3O2. The van der Waals surface area contributed by atoms with E-state index < -0.39 is 17.5 Å². The lowest BCUT2D eigenvalue weighted by Crippen LogP contribution is -2.23. The van der Waals surface area contributed by atoms with Crippen LogP contribution in [0.25, 0.3) is 0 Å². The first kappa shape index (κ1) is 13.5. The van der Waals surface area contributed by atoms with Crippen LogP contribution < -0.4 is 4.74 Å². The number of halogens is 3. The summed E-state index contributed by atoms with van der Waals surface area (Å²) in [6, 6.07) is 4.27. The van der Waals surface area contributed by atoms with E-state index in [2.05, 4.69) is 0 Å². The van der Waals surface area contributed by atoms with E-state index in [1.807, 2.05) is 13.8 Å². The Morgan fingerprint density at radius 1 is 1.29 bits per heavy atom. The maximum atomic E-state index is 12.4. The highest BCUT2D eigenvalue weighted by atomic mass is 19.4. The van der Waals surface area contributed by atoms with E-state index in [4.69, 9.17) is 4.74 Å². The van der Waals surface area contributed by atoms with Gasteiger partial charge in [-0.3, -0.25) is 4.79 Å². The number of benzene rings is 1. The van der Waals surface area contributed by atoms with Crippen LogP contribution in [0.5, 0.6) is 5.75 Å². The number of hydrogen-bond donors (Lipinski definition) is 0. The fourth-order valence-corrected chi connectivity index (χ4v) is 1.41. The molecule has 1 aromatic carbocycles. The first-order valence-electron chi connectivity index (χ1n) is 5.06. The largest absolute Gasteiger partial charge is 0.496 e. The number of carbonyl (C=O) groups is 1. The van der Waals surface area contributed by atoms with Crippen molar-refractivity contribution in [2.75, 3.05) is 7.11 Å². The van der Waals surface area contributed by atoms with Gasteiger partial charge >= 0.3 is 6.18 Å². The molecule has 0 saturated carbocycles. The second-order valence-electron chi connectivity index (χ2n) is 3.94. The van der Waals surface area contributed by atoms with Gasteiger partial charge in [0.25, 0.3) is 5.78 Å².